The lowest BCUT2D eigenvalue weighted by Gasteiger charge is -2.07. The van der Waals surface area contributed by atoms with Gasteiger partial charge in [-0.2, -0.15) is 0 Å². The summed E-state index contributed by atoms with van der Waals surface area (Å²) in [6, 6.07) is 5.14. The summed E-state index contributed by atoms with van der Waals surface area (Å²) in [6.07, 6.45) is 0. The Kier molecular flexibility index (Phi) is 4.12. The Morgan fingerprint density at radius 1 is 1.37 bits per heavy atom. The lowest BCUT2D eigenvalue weighted by molar-refractivity contribution is 0.0949. The first kappa shape index (κ1) is 13.9. The van der Waals surface area contributed by atoms with E-state index in [1.54, 1.807) is 32.0 Å². The monoisotopic (exact) mass is 298 g/mol. The Labute approximate surface area is 120 Å². The van der Waals surface area contributed by atoms with Crippen LogP contribution in [0, 0.1) is 13.8 Å². The van der Waals surface area contributed by atoms with Gasteiger partial charge >= 0.3 is 0 Å². The van der Waals surface area contributed by atoms with E-state index in [1.807, 2.05) is 0 Å². The maximum absolute atomic E-state index is 12.0. The summed E-state index contributed by atoms with van der Waals surface area (Å²) in [7, 11) is 0. The lowest BCUT2D eigenvalue weighted by Crippen LogP contribution is -2.24. The van der Waals surface area contributed by atoms with E-state index in [9.17, 15) is 4.79 Å². The first-order valence-corrected chi connectivity index (χ1v) is 6.39. The number of carbonyl (C=O) groups excluding carboxylic acids is 1. The molecule has 0 aliphatic carbocycles. The molecular weight excluding hydrogens is 287 g/mol. The molecule has 0 saturated carbocycles. The molecule has 2 aromatic rings. The van der Waals surface area contributed by atoms with Crippen LogP contribution in [0.3, 0.4) is 0 Å². The molecule has 0 aliphatic rings. The number of aromatic nitrogens is 1. The minimum Gasteiger partial charge on any atom is -0.361 e. The number of aryl methyl sites for hydroxylation is 2. The molecule has 0 spiro atoms. The molecule has 2 rings (SSSR count). The molecule has 0 atom stereocenters. The van der Waals surface area contributed by atoms with Gasteiger partial charge in [-0.3, -0.25) is 4.79 Å². The van der Waals surface area contributed by atoms with E-state index in [0.29, 0.717) is 33.6 Å². The second kappa shape index (κ2) is 5.63. The highest BCUT2D eigenvalue weighted by Gasteiger charge is 2.17. The molecule has 0 unspecified atom stereocenters. The average molecular weight is 299 g/mol. The fourth-order valence-corrected chi connectivity index (χ4v) is 2.21. The number of benzene rings is 1. The zero-order valence-electron chi connectivity index (χ0n) is 10.5. The van der Waals surface area contributed by atoms with Gasteiger partial charge in [0.25, 0.3) is 5.91 Å². The SMILES string of the molecule is Cc1noc(C)c1C(=O)NCc1ccc(Cl)cc1Cl. The third kappa shape index (κ3) is 3.08. The number of halogens is 2. The Hall–Kier alpha value is -1.52. The normalized spacial score (nSPS) is 10.5. The quantitative estimate of drug-likeness (QED) is 0.943. The van der Waals surface area contributed by atoms with Crippen LogP contribution in [0.15, 0.2) is 22.7 Å². The summed E-state index contributed by atoms with van der Waals surface area (Å²) in [5.74, 6) is 0.263. The average Bonchev–Trinajstić information content (AvgIpc) is 2.68. The van der Waals surface area contributed by atoms with Gasteiger partial charge in [0, 0.05) is 16.6 Å². The van der Waals surface area contributed by atoms with E-state index in [4.69, 9.17) is 27.7 Å². The largest absolute Gasteiger partial charge is 0.361 e. The van der Waals surface area contributed by atoms with Gasteiger partial charge in [-0.25, -0.2) is 0 Å². The summed E-state index contributed by atoms with van der Waals surface area (Å²) in [5, 5.41) is 7.60. The van der Waals surface area contributed by atoms with Crippen molar-refractivity contribution in [2.45, 2.75) is 20.4 Å². The second-order valence-electron chi connectivity index (χ2n) is 4.12. The van der Waals surface area contributed by atoms with E-state index in [0.717, 1.165) is 5.56 Å². The number of hydrogen-bond acceptors (Lipinski definition) is 3. The number of rotatable bonds is 3. The molecule has 1 amide bonds. The summed E-state index contributed by atoms with van der Waals surface area (Å²) < 4.78 is 4.95. The van der Waals surface area contributed by atoms with E-state index < -0.39 is 0 Å². The minimum atomic E-state index is -0.234. The lowest BCUT2D eigenvalue weighted by atomic mass is 10.1. The maximum Gasteiger partial charge on any atom is 0.257 e. The zero-order valence-corrected chi connectivity index (χ0v) is 12.0. The highest BCUT2D eigenvalue weighted by Crippen LogP contribution is 2.21. The van der Waals surface area contributed by atoms with Crippen molar-refractivity contribution in [2.75, 3.05) is 0 Å². The van der Waals surface area contributed by atoms with Crippen LogP contribution in [0.1, 0.15) is 27.4 Å². The number of nitrogens with zero attached hydrogens (tertiary/aromatic N) is 1. The molecule has 0 radical (unpaired) electrons. The topological polar surface area (TPSA) is 55.1 Å². The summed E-state index contributed by atoms with van der Waals surface area (Å²) in [4.78, 5) is 12.0. The molecule has 1 aromatic heterocycles. The first-order valence-electron chi connectivity index (χ1n) is 5.64. The highest BCUT2D eigenvalue weighted by molar-refractivity contribution is 6.35. The molecule has 0 fully saturated rings. The molecule has 1 aromatic carbocycles. The van der Waals surface area contributed by atoms with E-state index in [1.165, 1.54) is 0 Å². The number of amides is 1. The van der Waals surface area contributed by atoms with Gasteiger partial charge in [-0.15, -0.1) is 0 Å². The van der Waals surface area contributed by atoms with Gasteiger partial charge in [0.15, 0.2) is 0 Å². The summed E-state index contributed by atoms with van der Waals surface area (Å²) >= 11 is 11.8. The van der Waals surface area contributed by atoms with Gasteiger partial charge in [-0.05, 0) is 31.5 Å². The van der Waals surface area contributed by atoms with E-state index in [2.05, 4.69) is 10.5 Å². The number of carbonyl (C=O) groups is 1. The Bertz CT molecular complexity index is 604. The van der Waals surface area contributed by atoms with Crippen LogP contribution in [0.5, 0.6) is 0 Å². The minimum absolute atomic E-state index is 0.234. The van der Waals surface area contributed by atoms with Crippen LogP contribution < -0.4 is 5.32 Å². The van der Waals surface area contributed by atoms with E-state index >= 15 is 0 Å². The fourth-order valence-electron chi connectivity index (χ4n) is 1.74. The van der Waals surface area contributed by atoms with Crippen molar-refractivity contribution in [3.05, 3.63) is 50.8 Å². The molecule has 0 bridgehead atoms. The van der Waals surface area contributed by atoms with Crippen molar-refractivity contribution < 1.29 is 9.32 Å². The van der Waals surface area contributed by atoms with Gasteiger partial charge in [0.05, 0.1) is 5.69 Å². The standard InChI is InChI=1S/C13H12Cl2N2O2/c1-7-12(8(2)19-17-7)13(18)16-6-9-3-4-10(14)5-11(9)15/h3-5H,6H2,1-2H3,(H,16,18). The van der Waals surface area contributed by atoms with Crippen LogP contribution in [-0.4, -0.2) is 11.1 Å². The van der Waals surface area contributed by atoms with Crippen LogP contribution >= 0.6 is 23.2 Å². The van der Waals surface area contributed by atoms with Crippen LogP contribution in [0.2, 0.25) is 10.0 Å². The summed E-state index contributed by atoms with van der Waals surface area (Å²) in [5.41, 5.74) is 1.83. The Morgan fingerprint density at radius 3 is 2.68 bits per heavy atom. The molecular formula is C13H12Cl2N2O2. The molecule has 1 heterocycles. The van der Waals surface area contributed by atoms with Gasteiger partial charge in [0.1, 0.15) is 11.3 Å². The van der Waals surface area contributed by atoms with Crippen molar-refractivity contribution in [1.82, 2.24) is 10.5 Å². The van der Waals surface area contributed by atoms with Gasteiger partial charge in [-0.1, -0.05) is 34.4 Å². The van der Waals surface area contributed by atoms with Crippen LogP contribution in [0.4, 0.5) is 0 Å². The number of hydrogen-bond donors (Lipinski definition) is 1. The van der Waals surface area contributed by atoms with Crippen molar-refractivity contribution in [3.8, 4) is 0 Å². The highest BCUT2D eigenvalue weighted by atomic mass is 35.5. The maximum atomic E-state index is 12.0. The molecule has 4 nitrogen and oxygen atoms in total. The van der Waals surface area contributed by atoms with Crippen LogP contribution in [-0.2, 0) is 6.54 Å². The third-order valence-corrected chi connectivity index (χ3v) is 3.30. The predicted octanol–water partition coefficient (Wildman–Crippen LogP) is 3.53. The van der Waals surface area contributed by atoms with Crippen molar-refractivity contribution in [2.24, 2.45) is 0 Å². The molecule has 19 heavy (non-hydrogen) atoms. The zero-order chi connectivity index (χ0) is 14.0. The predicted molar refractivity (Wildman–Crippen MR) is 73.6 cm³/mol. The third-order valence-electron chi connectivity index (χ3n) is 2.71. The number of nitrogens with one attached hydrogen (secondary N) is 1. The second-order valence-corrected chi connectivity index (χ2v) is 4.96. The molecule has 100 valence electrons. The molecule has 0 aliphatic heterocycles. The molecule has 6 heteroatoms. The van der Waals surface area contributed by atoms with Crippen molar-refractivity contribution in [1.29, 1.82) is 0 Å². The Balaban J connectivity index is 2.09. The Morgan fingerprint density at radius 2 is 2.11 bits per heavy atom. The van der Waals surface area contributed by atoms with Gasteiger partial charge in [0.2, 0.25) is 0 Å². The smallest absolute Gasteiger partial charge is 0.257 e. The first-order chi connectivity index (χ1) is 8.99. The fraction of sp³-hybridized carbons (Fsp3) is 0.231. The molecule has 1 N–H and O–H groups in total. The van der Waals surface area contributed by atoms with Crippen molar-refractivity contribution >= 4 is 29.1 Å². The van der Waals surface area contributed by atoms with Crippen molar-refractivity contribution in [3.63, 3.8) is 0 Å². The summed E-state index contributed by atoms with van der Waals surface area (Å²) in [6.45, 7) is 3.74. The van der Waals surface area contributed by atoms with Crippen LogP contribution in [0.25, 0.3) is 0 Å². The molecule has 0 saturated heterocycles. The van der Waals surface area contributed by atoms with E-state index in [-0.39, 0.29) is 5.91 Å². The van der Waals surface area contributed by atoms with Gasteiger partial charge < -0.3 is 9.84 Å².